The molecule has 3 aromatic rings. The maximum Gasteiger partial charge on any atom is 0.314 e. The van der Waals surface area contributed by atoms with E-state index >= 15 is 0 Å². The first-order valence-corrected chi connectivity index (χ1v) is 10.5. The molecule has 1 aromatic heterocycles. The van der Waals surface area contributed by atoms with Crippen molar-refractivity contribution in [3.8, 4) is 11.5 Å². The van der Waals surface area contributed by atoms with Crippen molar-refractivity contribution >= 4 is 12.1 Å². The number of amides is 1. The minimum absolute atomic E-state index is 0.0969. The van der Waals surface area contributed by atoms with Crippen LogP contribution in [0.5, 0.6) is 0 Å². The lowest BCUT2D eigenvalue weighted by Crippen LogP contribution is -2.45. The fourth-order valence-electron chi connectivity index (χ4n) is 3.57. The van der Waals surface area contributed by atoms with Crippen LogP contribution in [-0.4, -0.2) is 65.6 Å². The predicted molar refractivity (Wildman–Crippen MR) is 117 cm³/mol. The number of hydrogen-bond donors (Lipinski definition) is 0. The smallest absolute Gasteiger partial charge is 0.314 e. The molecule has 1 fully saturated rings. The Morgan fingerprint density at radius 3 is 2.53 bits per heavy atom. The Morgan fingerprint density at radius 1 is 1.15 bits per heavy atom. The number of ether oxygens (including phenoxy) is 1. The molecule has 1 amide bonds. The topological polar surface area (TPSA) is 84.1 Å². The quantitative estimate of drug-likeness (QED) is 0.385. The normalized spacial score (nSPS) is 15.7. The molecule has 178 valence electrons. The van der Waals surface area contributed by atoms with Crippen molar-refractivity contribution in [1.82, 2.24) is 20.1 Å². The number of benzene rings is 2. The second-order valence-electron chi connectivity index (χ2n) is 7.55. The Bertz CT molecular complexity index is 1150. The van der Waals surface area contributed by atoms with E-state index in [0.29, 0.717) is 26.3 Å². The first kappa shape index (κ1) is 23.6. The summed E-state index contributed by atoms with van der Waals surface area (Å²) in [6, 6.07) is 12.7. The van der Waals surface area contributed by atoms with Gasteiger partial charge in [-0.1, -0.05) is 30.3 Å². The van der Waals surface area contributed by atoms with Crippen molar-refractivity contribution in [2.45, 2.75) is 12.5 Å². The van der Waals surface area contributed by atoms with Gasteiger partial charge >= 0.3 is 6.43 Å². The number of carbonyl (C=O) groups excluding carboxylic acids is 1. The summed E-state index contributed by atoms with van der Waals surface area (Å²) in [7, 11) is 1.51. The minimum Gasteiger partial charge on any atom is -0.415 e. The molecule has 0 saturated carbocycles. The van der Waals surface area contributed by atoms with Crippen LogP contribution in [0.1, 0.15) is 29.5 Å². The van der Waals surface area contributed by atoms with E-state index in [2.05, 4.69) is 15.3 Å². The molecule has 0 bridgehead atoms. The Morgan fingerprint density at radius 2 is 1.88 bits per heavy atom. The summed E-state index contributed by atoms with van der Waals surface area (Å²) in [6.45, 7) is 2.25. The highest BCUT2D eigenvalue weighted by Crippen LogP contribution is 2.26. The van der Waals surface area contributed by atoms with Gasteiger partial charge in [-0.2, -0.15) is 13.9 Å². The lowest BCUT2D eigenvalue weighted by molar-refractivity contribution is -0.137. The number of morpholine rings is 1. The average Bonchev–Trinajstić information content (AvgIpc) is 3.35. The van der Waals surface area contributed by atoms with Crippen molar-refractivity contribution in [2.75, 3.05) is 33.4 Å². The van der Waals surface area contributed by atoms with Gasteiger partial charge in [0.15, 0.2) is 0 Å². The molecular formula is C23H22F3N5O3. The van der Waals surface area contributed by atoms with Crippen LogP contribution in [0.15, 0.2) is 58.0 Å². The fourth-order valence-corrected chi connectivity index (χ4v) is 3.57. The van der Waals surface area contributed by atoms with Crippen LogP contribution in [-0.2, 0) is 9.53 Å². The maximum absolute atomic E-state index is 14.6. The van der Waals surface area contributed by atoms with E-state index in [1.165, 1.54) is 30.4 Å². The third-order valence-corrected chi connectivity index (χ3v) is 5.32. The van der Waals surface area contributed by atoms with Crippen LogP contribution >= 0.6 is 0 Å². The average molecular weight is 473 g/mol. The van der Waals surface area contributed by atoms with Gasteiger partial charge in [-0.25, -0.2) is 9.40 Å². The number of rotatable bonds is 7. The van der Waals surface area contributed by atoms with E-state index in [0.717, 1.165) is 11.6 Å². The van der Waals surface area contributed by atoms with Crippen LogP contribution in [0.3, 0.4) is 0 Å². The maximum atomic E-state index is 14.6. The summed E-state index contributed by atoms with van der Waals surface area (Å²) < 4.78 is 50.1. The molecule has 0 radical (unpaired) electrons. The van der Waals surface area contributed by atoms with Crippen molar-refractivity contribution in [3.05, 3.63) is 71.4 Å². The van der Waals surface area contributed by atoms with Gasteiger partial charge in [-0.3, -0.25) is 9.69 Å². The lowest BCUT2D eigenvalue weighted by atomic mass is 10.0. The van der Waals surface area contributed by atoms with E-state index < -0.39 is 24.2 Å². The highest BCUT2D eigenvalue weighted by molar-refractivity contribution is 5.86. The molecule has 8 nitrogen and oxygen atoms in total. The van der Waals surface area contributed by atoms with Crippen LogP contribution < -0.4 is 0 Å². The summed E-state index contributed by atoms with van der Waals surface area (Å²) in [4.78, 5) is 15.3. The molecule has 1 saturated heterocycles. The number of alkyl halides is 2. The summed E-state index contributed by atoms with van der Waals surface area (Å²) in [5, 5.41) is 12.0. The molecule has 1 aliphatic heterocycles. The molecule has 0 aliphatic carbocycles. The highest BCUT2D eigenvalue weighted by atomic mass is 19.3. The molecular weight excluding hydrogens is 451 g/mol. The van der Waals surface area contributed by atoms with Gasteiger partial charge in [-0.05, 0) is 23.8 Å². The van der Waals surface area contributed by atoms with E-state index in [-0.39, 0.29) is 22.9 Å². The summed E-state index contributed by atoms with van der Waals surface area (Å²) in [6.07, 6.45) is -1.70. The molecule has 0 unspecified atom stereocenters. The SMILES string of the molecule is CN(/N=C/c1ccc(-c2nnc(C(F)F)o2)cc1F)C(=O)[C@H](c1ccccc1)N1CCOCC1. The highest BCUT2D eigenvalue weighted by Gasteiger charge is 2.31. The van der Waals surface area contributed by atoms with Gasteiger partial charge in [0.1, 0.15) is 11.9 Å². The molecule has 1 atom stereocenters. The molecule has 11 heteroatoms. The zero-order valence-electron chi connectivity index (χ0n) is 18.3. The van der Waals surface area contributed by atoms with Gasteiger partial charge in [0.25, 0.3) is 11.8 Å². The Balaban J connectivity index is 1.51. The Kier molecular flexibility index (Phi) is 7.33. The van der Waals surface area contributed by atoms with E-state index in [4.69, 9.17) is 9.15 Å². The standard InChI is InChI=1S/C23H22F3N5O3/c1-30(23(32)19(15-5-3-2-4-6-15)31-9-11-33-12-10-31)27-14-17-8-7-16(13-18(17)24)21-28-29-22(34-21)20(25)26/h2-8,13-14,19-20H,9-12H2,1H3/b27-14+/t19-/m0/s1. The zero-order valence-corrected chi connectivity index (χ0v) is 18.3. The largest absolute Gasteiger partial charge is 0.415 e. The predicted octanol–water partition coefficient (Wildman–Crippen LogP) is 3.68. The molecule has 0 N–H and O–H groups in total. The summed E-state index contributed by atoms with van der Waals surface area (Å²) >= 11 is 0. The van der Waals surface area contributed by atoms with E-state index in [1.54, 1.807) is 0 Å². The summed E-state index contributed by atoms with van der Waals surface area (Å²) in [5.74, 6) is -2.02. The summed E-state index contributed by atoms with van der Waals surface area (Å²) in [5.41, 5.74) is 1.07. The minimum atomic E-state index is -2.91. The monoisotopic (exact) mass is 473 g/mol. The number of hydrazone groups is 1. The van der Waals surface area contributed by atoms with Gasteiger partial charge < -0.3 is 9.15 Å². The van der Waals surface area contributed by atoms with Crippen molar-refractivity contribution in [1.29, 1.82) is 0 Å². The first-order chi connectivity index (χ1) is 16.4. The van der Waals surface area contributed by atoms with Crippen molar-refractivity contribution in [2.24, 2.45) is 5.10 Å². The molecule has 2 heterocycles. The number of nitrogens with zero attached hydrogens (tertiary/aromatic N) is 5. The third kappa shape index (κ3) is 5.32. The number of halogens is 3. The number of carbonyl (C=O) groups is 1. The van der Waals surface area contributed by atoms with Gasteiger partial charge in [0.2, 0.25) is 5.89 Å². The van der Waals surface area contributed by atoms with Gasteiger partial charge in [0.05, 0.1) is 19.4 Å². The third-order valence-electron chi connectivity index (χ3n) is 5.32. The second kappa shape index (κ2) is 10.6. The number of hydrogen-bond acceptors (Lipinski definition) is 7. The van der Waals surface area contributed by atoms with E-state index in [1.807, 2.05) is 35.2 Å². The van der Waals surface area contributed by atoms with Gasteiger partial charge in [0, 0.05) is 31.3 Å². The molecule has 0 spiro atoms. The molecule has 1 aliphatic rings. The molecule has 2 aromatic carbocycles. The van der Waals surface area contributed by atoms with Crippen LogP contribution in [0.4, 0.5) is 13.2 Å². The van der Waals surface area contributed by atoms with Gasteiger partial charge in [-0.15, -0.1) is 10.2 Å². The molecule has 34 heavy (non-hydrogen) atoms. The van der Waals surface area contributed by atoms with Crippen LogP contribution in [0, 0.1) is 5.82 Å². The Hall–Kier alpha value is -3.57. The number of likely N-dealkylation sites (N-methyl/N-ethyl adjacent to an activating group) is 1. The second-order valence-corrected chi connectivity index (χ2v) is 7.55. The first-order valence-electron chi connectivity index (χ1n) is 10.5. The number of aromatic nitrogens is 2. The van der Waals surface area contributed by atoms with Crippen LogP contribution in [0.2, 0.25) is 0 Å². The van der Waals surface area contributed by atoms with E-state index in [9.17, 15) is 18.0 Å². The zero-order chi connectivity index (χ0) is 24.1. The van der Waals surface area contributed by atoms with Crippen molar-refractivity contribution in [3.63, 3.8) is 0 Å². The van der Waals surface area contributed by atoms with Crippen molar-refractivity contribution < 1.29 is 27.1 Å². The lowest BCUT2D eigenvalue weighted by Gasteiger charge is -2.34. The molecule has 4 rings (SSSR count). The Labute approximate surface area is 193 Å². The fraction of sp³-hybridized carbons (Fsp3) is 0.304. The van der Waals surface area contributed by atoms with Crippen LogP contribution in [0.25, 0.3) is 11.5 Å².